The predicted molar refractivity (Wildman–Crippen MR) is 79.8 cm³/mol. The van der Waals surface area contributed by atoms with Gasteiger partial charge in [-0.3, -0.25) is 15.0 Å². The van der Waals surface area contributed by atoms with Crippen LogP contribution in [-0.2, 0) is 0 Å². The summed E-state index contributed by atoms with van der Waals surface area (Å²) in [7, 11) is 0. The van der Waals surface area contributed by atoms with E-state index in [9.17, 15) is 10.1 Å². The van der Waals surface area contributed by atoms with Gasteiger partial charge in [0.05, 0.1) is 4.92 Å². The van der Waals surface area contributed by atoms with Crippen LogP contribution >= 0.6 is 0 Å². The summed E-state index contributed by atoms with van der Waals surface area (Å²) in [6, 6.07) is 7.83. The van der Waals surface area contributed by atoms with Crippen molar-refractivity contribution in [2.75, 3.05) is 19.6 Å². The Morgan fingerprint density at radius 3 is 2.65 bits per heavy atom. The number of nitrogens with one attached hydrogen (secondary N) is 1. The number of rotatable bonds is 6. The second kappa shape index (κ2) is 6.81. The quantitative estimate of drug-likeness (QED) is 0.641. The number of hydrogen-bond acceptors (Lipinski definition) is 4. The van der Waals surface area contributed by atoms with Crippen LogP contribution in [0.25, 0.3) is 0 Å². The van der Waals surface area contributed by atoms with Crippen LogP contribution in [0.4, 0.5) is 5.69 Å². The summed E-state index contributed by atoms with van der Waals surface area (Å²) in [5.74, 6) is 0. The lowest BCUT2D eigenvalue weighted by atomic mass is 10.0. The first-order chi connectivity index (χ1) is 9.63. The van der Waals surface area contributed by atoms with Crippen LogP contribution in [0.2, 0.25) is 0 Å². The predicted octanol–water partition coefficient (Wildman–Crippen LogP) is 2.73. The maximum absolute atomic E-state index is 10.7. The molecule has 1 saturated heterocycles. The molecule has 5 nitrogen and oxygen atoms in total. The molecule has 0 amide bonds. The molecule has 1 N–H and O–H groups in total. The van der Waals surface area contributed by atoms with E-state index in [4.69, 9.17) is 0 Å². The van der Waals surface area contributed by atoms with E-state index in [0.717, 1.165) is 31.6 Å². The molecular formula is C15H23N3O2. The monoisotopic (exact) mass is 277 g/mol. The summed E-state index contributed by atoms with van der Waals surface area (Å²) < 4.78 is 0. The Labute approximate surface area is 120 Å². The highest BCUT2D eigenvalue weighted by atomic mass is 16.6. The second-order valence-corrected chi connectivity index (χ2v) is 5.41. The highest BCUT2D eigenvalue weighted by molar-refractivity contribution is 5.34. The van der Waals surface area contributed by atoms with E-state index in [2.05, 4.69) is 24.1 Å². The zero-order valence-corrected chi connectivity index (χ0v) is 12.2. The van der Waals surface area contributed by atoms with Gasteiger partial charge in [0.15, 0.2) is 0 Å². The van der Waals surface area contributed by atoms with E-state index >= 15 is 0 Å². The van der Waals surface area contributed by atoms with Crippen molar-refractivity contribution in [2.24, 2.45) is 0 Å². The molecule has 0 spiro atoms. The zero-order valence-electron chi connectivity index (χ0n) is 12.2. The standard InChI is InChI=1S/C15H23N3O2/c1-3-10-17(15-8-9-16-11-15)12(2)13-4-6-14(7-5-13)18(19)20/h4-7,12,15-16H,3,8-11H2,1-2H3. The van der Waals surface area contributed by atoms with Gasteiger partial charge in [0.25, 0.3) is 5.69 Å². The SMILES string of the molecule is CCCN(C1CCNC1)C(C)c1ccc([N+](=O)[O-])cc1. The van der Waals surface area contributed by atoms with Crippen molar-refractivity contribution in [3.05, 3.63) is 39.9 Å². The number of hydrogen-bond donors (Lipinski definition) is 1. The van der Waals surface area contributed by atoms with Gasteiger partial charge in [-0.25, -0.2) is 0 Å². The van der Waals surface area contributed by atoms with Crippen LogP contribution in [0, 0.1) is 10.1 Å². The summed E-state index contributed by atoms with van der Waals surface area (Å²) in [6.07, 6.45) is 2.30. The molecule has 1 fully saturated rings. The summed E-state index contributed by atoms with van der Waals surface area (Å²) >= 11 is 0. The van der Waals surface area contributed by atoms with Gasteiger partial charge in [0, 0.05) is 30.8 Å². The van der Waals surface area contributed by atoms with Gasteiger partial charge in [-0.2, -0.15) is 0 Å². The highest BCUT2D eigenvalue weighted by Gasteiger charge is 2.26. The van der Waals surface area contributed by atoms with E-state index in [1.165, 1.54) is 6.42 Å². The molecule has 1 aliphatic rings. The average Bonchev–Trinajstić information content (AvgIpc) is 2.98. The maximum Gasteiger partial charge on any atom is 0.269 e. The van der Waals surface area contributed by atoms with Crippen molar-refractivity contribution in [1.29, 1.82) is 0 Å². The van der Waals surface area contributed by atoms with Gasteiger partial charge in [0.1, 0.15) is 0 Å². The molecule has 1 aromatic rings. The first kappa shape index (κ1) is 14.9. The summed E-state index contributed by atoms with van der Waals surface area (Å²) in [5.41, 5.74) is 1.31. The van der Waals surface area contributed by atoms with E-state index < -0.39 is 0 Å². The molecule has 1 aliphatic heterocycles. The molecular weight excluding hydrogens is 254 g/mol. The molecule has 5 heteroatoms. The minimum absolute atomic E-state index is 0.158. The number of benzene rings is 1. The van der Waals surface area contributed by atoms with Gasteiger partial charge in [-0.05, 0) is 38.4 Å². The fraction of sp³-hybridized carbons (Fsp3) is 0.600. The topological polar surface area (TPSA) is 58.4 Å². The van der Waals surface area contributed by atoms with E-state index in [0.29, 0.717) is 12.1 Å². The fourth-order valence-corrected chi connectivity index (χ4v) is 2.94. The molecule has 0 radical (unpaired) electrons. The molecule has 1 heterocycles. The molecule has 2 unspecified atom stereocenters. The first-order valence-corrected chi connectivity index (χ1v) is 7.34. The van der Waals surface area contributed by atoms with E-state index in [1.807, 2.05) is 12.1 Å². The Morgan fingerprint density at radius 1 is 1.45 bits per heavy atom. The summed E-state index contributed by atoms with van der Waals surface area (Å²) in [4.78, 5) is 12.9. The molecule has 0 bridgehead atoms. The third-order valence-electron chi connectivity index (χ3n) is 4.07. The lowest BCUT2D eigenvalue weighted by Crippen LogP contribution is -2.39. The number of nitrogens with zero attached hydrogens (tertiary/aromatic N) is 2. The Kier molecular flexibility index (Phi) is 5.09. The van der Waals surface area contributed by atoms with E-state index in [1.54, 1.807) is 12.1 Å². The van der Waals surface area contributed by atoms with Crippen molar-refractivity contribution in [3.63, 3.8) is 0 Å². The van der Waals surface area contributed by atoms with Crippen LogP contribution in [0.5, 0.6) is 0 Å². The van der Waals surface area contributed by atoms with Crippen molar-refractivity contribution < 1.29 is 4.92 Å². The Bertz CT molecular complexity index is 441. The van der Waals surface area contributed by atoms with Gasteiger partial charge in [0.2, 0.25) is 0 Å². The zero-order chi connectivity index (χ0) is 14.5. The number of nitro groups is 1. The van der Waals surface area contributed by atoms with Gasteiger partial charge in [-0.15, -0.1) is 0 Å². The summed E-state index contributed by atoms with van der Waals surface area (Å²) in [6.45, 7) is 7.56. The maximum atomic E-state index is 10.7. The van der Waals surface area contributed by atoms with Crippen molar-refractivity contribution in [1.82, 2.24) is 10.2 Å². The van der Waals surface area contributed by atoms with Gasteiger partial charge < -0.3 is 5.32 Å². The minimum atomic E-state index is -0.348. The Morgan fingerprint density at radius 2 is 2.15 bits per heavy atom. The lowest BCUT2D eigenvalue weighted by molar-refractivity contribution is -0.384. The van der Waals surface area contributed by atoms with Crippen LogP contribution < -0.4 is 5.32 Å². The van der Waals surface area contributed by atoms with Crippen molar-refractivity contribution in [2.45, 2.75) is 38.8 Å². The van der Waals surface area contributed by atoms with Crippen LogP contribution in [0.15, 0.2) is 24.3 Å². The highest BCUT2D eigenvalue weighted by Crippen LogP contribution is 2.26. The van der Waals surface area contributed by atoms with Crippen molar-refractivity contribution >= 4 is 5.69 Å². The fourth-order valence-electron chi connectivity index (χ4n) is 2.94. The molecule has 0 aliphatic carbocycles. The van der Waals surface area contributed by atoms with Crippen LogP contribution in [0.3, 0.4) is 0 Å². The minimum Gasteiger partial charge on any atom is -0.315 e. The lowest BCUT2D eigenvalue weighted by Gasteiger charge is -2.34. The number of non-ortho nitro benzene ring substituents is 1. The largest absolute Gasteiger partial charge is 0.315 e. The first-order valence-electron chi connectivity index (χ1n) is 7.34. The molecule has 20 heavy (non-hydrogen) atoms. The van der Waals surface area contributed by atoms with Gasteiger partial charge in [-0.1, -0.05) is 19.1 Å². The molecule has 1 aromatic carbocycles. The molecule has 0 saturated carbocycles. The molecule has 2 rings (SSSR count). The number of nitro benzene ring substituents is 1. The Balaban J connectivity index is 2.13. The Hall–Kier alpha value is -1.46. The second-order valence-electron chi connectivity index (χ2n) is 5.41. The summed E-state index contributed by atoms with van der Waals surface area (Å²) in [5, 5.41) is 14.1. The normalized spacial score (nSPS) is 20.2. The van der Waals surface area contributed by atoms with Crippen LogP contribution in [-0.4, -0.2) is 35.5 Å². The third kappa shape index (κ3) is 3.35. The third-order valence-corrected chi connectivity index (χ3v) is 4.07. The van der Waals surface area contributed by atoms with E-state index in [-0.39, 0.29) is 10.6 Å². The molecule has 0 aromatic heterocycles. The molecule has 110 valence electrons. The van der Waals surface area contributed by atoms with Crippen LogP contribution in [0.1, 0.15) is 38.3 Å². The molecule has 2 atom stereocenters. The van der Waals surface area contributed by atoms with Crippen molar-refractivity contribution in [3.8, 4) is 0 Å². The average molecular weight is 277 g/mol. The smallest absolute Gasteiger partial charge is 0.269 e. The van der Waals surface area contributed by atoms with Gasteiger partial charge >= 0.3 is 0 Å².